The van der Waals surface area contributed by atoms with Gasteiger partial charge in [-0.1, -0.05) is 49.7 Å². The lowest BCUT2D eigenvalue weighted by Crippen LogP contribution is -2.37. The molecule has 5 rings (SSSR count). The molecular formula is C24H19ClN2O4. The number of Topliss-reactive ketones (excluding diaryl/α,β-unsaturated/α-hetero) is 2. The van der Waals surface area contributed by atoms with E-state index in [1.54, 1.807) is 12.1 Å². The number of hydrogen-bond donors (Lipinski definition) is 1. The number of ketones is 2. The van der Waals surface area contributed by atoms with E-state index in [9.17, 15) is 19.7 Å². The van der Waals surface area contributed by atoms with Gasteiger partial charge >= 0.3 is 0 Å². The molecule has 1 atom stereocenters. The normalized spacial score (nSPS) is 21.5. The second-order valence-corrected chi connectivity index (χ2v) is 9.42. The highest BCUT2D eigenvalue weighted by atomic mass is 35.5. The Kier molecular flexibility index (Phi) is 4.21. The van der Waals surface area contributed by atoms with Gasteiger partial charge < -0.3 is 5.32 Å². The Morgan fingerprint density at radius 3 is 2.48 bits per heavy atom. The highest BCUT2D eigenvalue weighted by molar-refractivity contribution is 6.32. The number of fused-ring (bicyclic) bond motifs is 2. The molecule has 0 aromatic heterocycles. The lowest BCUT2D eigenvalue weighted by Gasteiger charge is -2.39. The zero-order chi connectivity index (χ0) is 22.1. The summed E-state index contributed by atoms with van der Waals surface area (Å²) in [6.45, 7) is 4.06. The quantitative estimate of drug-likeness (QED) is 0.519. The van der Waals surface area contributed by atoms with E-state index in [0.717, 1.165) is 11.3 Å². The maximum atomic E-state index is 13.4. The van der Waals surface area contributed by atoms with Crippen LogP contribution in [-0.2, 0) is 4.79 Å². The van der Waals surface area contributed by atoms with Crippen LogP contribution in [-0.4, -0.2) is 16.5 Å². The fourth-order valence-electron chi connectivity index (χ4n) is 4.97. The Hall–Kier alpha value is -3.25. The second-order valence-electron chi connectivity index (χ2n) is 9.02. The summed E-state index contributed by atoms with van der Waals surface area (Å²) in [5, 5.41) is 15.1. The molecule has 0 bridgehead atoms. The zero-order valence-corrected chi connectivity index (χ0v) is 17.7. The van der Waals surface area contributed by atoms with Crippen LogP contribution in [0.3, 0.4) is 0 Å². The van der Waals surface area contributed by atoms with Gasteiger partial charge in [-0.3, -0.25) is 19.7 Å². The first-order valence-electron chi connectivity index (χ1n) is 10.0. The molecule has 0 saturated heterocycles. The number of rotatable bonds is 2. The first kappa shape index (κ1) is 19.7. The van der Waals surface area contributed by atoms with E-state index < -0.39 is 10.8 Å². The largest absolute Gasteiger partial charge is 0.358 e. The summed E-state index contributed by atoms with van der Waals surface area (Å²) < 4.78 is 0. The maximum absolute atomic E-state index is 13.4. The molecule has 2 aliphatic carbocycles. The molecule has 3 aliphatic rings. The van der Waals surface area contributed by atoms with E-state index in [0.29, 0.717) is 40.8 Å². The minimum Gasteiger partial charge on any atom is -0.358 e. The van der Waals surface area contributed by atoms with Gasteiger partial charge in [-0.05, 0) is 23.5 Å². The van der Waals surface area contributed by atoms with Crippen molar-refractivity contribution in [1.82, 2.24) is 5.32 Å². The number of halogens is 1. The monoisotopic (exact) mass is 434 g/mol. The molecule has 0 saturated carbocycles. The van der Waals surface area contributed by atoms with Crippen molar-refractivity contribution in [3.63, 3.8) is 0 Å². The Labute approximate surface area is 183 Å². The first-order valence-corrected chi connectivity index (χ1v) is 10.4. The molecule has 1 aliphatic heterocycles. The maximum Gasteiger partial charge on any atom is 0.269 e. The number of dihydropyridines is 1. The van der Waals surface area contributed by atoms with Crippen molar-refractivity contribution < 1.29 is 14.5 Å². The molecule has 1 heterocycles. The van der Waals surface area contributed by atoms with Crippen LogP contribution in [0.2, 0.25) is 5.02 Å². The lowest BCUT2D eigenvalue weighted by atomic mass is 9.68. The number of hydrogen-bond acceptors (Lipinski definition) is 5. The average molecular weight is 435 g/mol. The van der Waals surface area contributed by atoms with Crippen molar-refractivity contribution in [1.29, 1.82) is 0 Å². The number of nitrogens with zero attached hydrogens (tertiary/aromatic N) is 1. The van der Waals surface area contributed by atoms with Crippen LogP contribution in [0.5, 0.6) is 0 Å². The summed E-state index contributed by atoms with van der Waals surface area (Å²) in [6.07, 6.45) is 0.963. The van der Waals surface area contributed by atoms with Crippen LogP contribution >= 0.6 is 11.6 Å². The lowest BCUT2D eigenvalue weighted by molar-refractivity contribution is -0.384. The molecule has 31 heavy (non-hydrogen) atoms. The molecule has 1 unspecified atom stereocenters. The number of carbonyl (C=O) groups excluding carboxylic acids is 2. The molecule has 7 heteroatoms. The number of nitro groups is 1. The molecule has 0 radical (unpaired) electrons. The number of benzene rings is 2. The highest BCUT2D eigenvalue weighted by Gasteiger charge is 2.47. The van der Waals surface area contributed by atoms with Crippen molar-refractivity contribution in [2.24, 2.45) is 5.41 Å². The Balaban J connectivity index is 1.79. The summed E-state index contributed by atoms with van der Waals surface area (Å²) >= 11 is 6.51. The molecule has 0 amide bonds. The number of allylic oxidation sites excluding steroid dienone is 3. The van der Waals surface area contributed by atoms with Gasteiger partial charge in [0, 0.05) is 57.5 Å². The highest BCUT2D eigenvalue weighted by Crippen LogP contribution is 2.52. The van der Waals surface area contributed by atoms with Gasteiger partial charge in [-0.2, -0.15) is 0 Å². The second kappa shape index (κ2) is 6.62. The Morgan fingerprint density at radius 2 is 1.77 bits per heavy atom. The summed E-state index contributed by atoms with van der Waals surface area (Å²) in [6, 6.07) is 11.5. The molecule has 1 N–H and O–H groups in total. The fraction of sp³-hybridized carbons (Fsp3) is 0.250. The molecular weight excluding hydrogens is 416 g/mol. The van der Waals surface area contributed by atoms with Crippen molar-refractivity contribution in [3.8, 4) is 0 Å². The standard InChI is InChI=1S/C24H19ClN2O4/c1-24(2)10-17-20(18(28)11-24)19(15-9-12(27(30)31)7-8-16(15)25)21-22(26-17)13-5-3-4-6-14(13)23(21)29/h3-9,19,26H,10-11H2,1-2H3. The van der Waals surface area contributed by atoms with Gasteiger partial charge in [0.15, 0.2) is 11.6 Å². The topological polar surface area (TPSA) is 89.3 Å². The van der Waals surface area contributed by atoms with Gasteiger partial charge in [0.25, 0.3) is 5.69 Å². The molecule has 6 nitrogen and oxygen atoms in total. The summed E-state index contributed by atoms with van der Waals surface area (Å²) in [5.41, 5.74) is 3.71. The average Bonchev–Trinajstić information content (AvgIpc) is 2.98. The summed E-state index contributed by atoms with van der Waals surface area (Å²) in [5.74, 6) is -1.00. The van der Waals surface area contributed by atoms with Gasteiger partial charge in [-0.25, -0.2) is 0 Å². The number of carbonyl (C=O) groups is 2. The van der Waals surface area contributed by atoms with Gasteiger partial charge in [-0.15, -0.1) is 0 Å². The predicted molar refractivity (Wildman–Crippen MR) is 117 cm³/mol. The van der Waals surface area contributed by atoms with Gasteiger partial charge in [0.1, 0.15) is 0 Å². The van der Waals surface area contributed by atoms with E-state index >= 15 is 0 Å². The third-order valence-corrected chi connectivity index (χ3v) is 6.57. The van der Waals surface area contributed by atoms with Gasteiger partial charge in [0.2, 0.25) is 0 Å². The molecule has 0 fully saturated rings. The third kappa shape index (κ3) is 2.93. The van der Waals surface area contributed by atoms with Crippen LogP contribution in [0.1, 0.15) is 54.1 Å². The number of nitrogens with one attached hydrogen (secondary N) is 1. The minimum absolute atomic E-state index is 0.0679. The summed E-state index contributed by atoms with van der Waals surface area (Å²) in [7, 11) is 0. The van der Waals surface area contributed by atoms with Crippen LogP contribution in [0, 0.1) is 15.5 Å². The molecule has 156 valence electrons. The van der Waals surface area contributed by atoms with E-state index in [1.165, 1.54) is 18.2 Å². The van der Waals surface area contributed by atoms with Crippen LogP contribution in [0.4, 0.5) is 5.69 Å². The first-order chi connectivity index (χ1) is 14.7. The van der Waals surface area contributed by atoms with Crippen LogP contribution in [0.15, 0.2) is 59.3 Å². The van der Waals surface area contributed by atoms with Crippen LogP contribution < -0.4 is 5.32 Å². The van der Waals surface area contributed by atoms with E-state index in [2.05, 4.69) is 5.32 Å². The third-order valence-electron chi connectivity index (χ3n) is 6.23. The van der Waals surface area contributed by atoms with Gasteiger partial charge in [0.05, 0.1) is 10.6 Å². The predicted octanol–water partition coefficient (Wildman–Crippen LogP) is 5.19. The summed E-state index contributed by atoms with van der Waals surface area (Å²) in [4.78, 5) is 37.7. The van der Waals surface area contributed by atoms with Crippen molar-refractivity contribution >= 4 is 34.6 Å². The van der Waals surface area contributed by atoms with Crippen LogP contribution in [0.25, 0.3) is 5.70 Å². The number of nitro benzene ring substituents is 1. The molecule has 2 aromatic carbocycles. The Bertz CT molecular complexity index is 1270. The minimum atomic E-state index is -0.748. The van der Waals surface area contributed by atoms with Crippen molar-refractivity contribution in [2.45, 2.75) is 32.6 Å². The van der Waals surface area contributed by atoms with Crippen molar-refractivity contribution in [3.05, 3.63) is 91.1 Å². The van der Waals surface area contributed by atoms with E-state index in [4.69, 9.17) is 11.6 Å². The van der Waals surface area contributed by atoms with E-state index in [1.807, 2.05) is 26.0 Å². The molecule has 2 aromatic rings. The Morgan fingerprint density at radius 1 is 1.06 bits per heavy atom. The SMILES string of the molecule is CC1(C)CC(=O)C2=C(C1)NC1=C(C(=O)c3ccccc31)C2c1cc([N+](=O)[O-])ccc1Cl. The van der Waals surface area contributed by atoms with E-state index in [-0.39, 0.29) is 27.7 Å². The zero-order valence-electron chi connectivity index (χ0n) is 17.0. The smallest absolute Gasteiger partial charge is 0.269 e. The number of non-ortho nitro benzene ring substituents is 1. The van der Waals surface area contributed by atoms with Crippen molar-refractivity contribution in [2.75, 3.05) is 0 Å². The molecule has 0 spiro atoms. The fourth-order valence-corrected chi connectivity index (χ4v) is 5.19.